The van der Waals surface area contributed by atoms with E-state index in [1.165, 1.54) is 11.3 Å². The van der Waals surface area contributed by atoms with Crippen molar-refractivity contribution in [3.05, 3.63) is 39.0 Å². The first-order valence-electron chi connectivity index (χ1n) is 5.51. The third-order valence-corrected chi connectivity index (χ3v) is 5.30. The Balaban J connectivity index is 2.12. The van der Waals surface area contributed by atoms with Gasteiger partial charge in [0.25, 0.3) is 0 Å². The van der Waals surface area contributed by atoms with E-state index in [4.69, 9.17) is 5.73 Å². The summed E-state index contributed by atoms with van der Waals surface area (Å²) in [5, 5.41) is 1.83. The maximum Gasteiger partial charge on any atom is 0.243 e. The second-order valence-corrected chi connectivity index (χ2v) is 7.24. The van der Waals surface area contributed by atoms with E-state index in [1.807, 2.05) is 5.38 Å². The van der Waals surface area contributed by atoms with Gasteiger partial charge in [0.1, 0.15) is 10.7 Å². The number of nitrogens with one attached hydrogen (secondary N) is 1. The van der Waals surface area contributed by atoms with Crippen LogP contribution >= 0.6 is 27.3 Å². The van der Waals surface area contributed by atoms with E-state index in [1.54, 1.807) is 5.51 Å². The second-order valence-electron chi connectivity index (χ2n) is 3.93. The molecule has 2 rings (SSSR count). The first kappa shape index (κ1) is 15.4. The van der Waals surface area contributed by atoms with Crippen molar-refractivity contribution in [2.24, 2.45) is 0 Å². The summed E-state index contributed by atoms with van der Waals surface area (Å²) in [5.74, 6) is -0.854. The number of halogens is 2. The van der Waals surface area contributed by atoms with Crippen LogP contribution in [0.25, 0.3) is 0 Å². The van der Waals surface area contributed by atoms with Gasteiger partial charge in [-0.15, -0.1) is 11.3 Å². The highest BCUT2D eigenvalue weighted by Crippen LogP contribution is 2.25. The lowest BCUT2D eigenvalue weighted by Crippen LogP contribution is -2.27. The summed E-state index contributed by atoms with van der Waals surface area (Å²) < 4.78 is 40.4. The van der Waals surface area contributed by atoms with Crippen molar-refractivity contribution >= 4 is 43.0 Å². The molecule has 0 saturated heterocycles. The summed E-state index contributed by atoms with van der Waals surface area (Å²) in [4.78, 5) is 3.57. The molecule has 0 radical (unpaired) electrons. The highest BCUT2D eigenvalue weighted by Gasteiger charge is 2.20. The number of nitrogens with two attached hydrogens (primary N) is 1. The minimum atomic E-state index is -3.93. The van der Waals surface area contributed by atoms with Crippen LogP contribution in [0.4, 0.5) is 10.1 Å². The Labute approximate surface area is 128 Å². The maximum atomic E-state index is 13.7. The maximum absolute atomic E-state index is 13.7. The zero-order chi connectivity index (χ0) is 14.8. The van der Waals surface area contributed by atoms with Crippen LogP contribution in [0.5, 0.6) is 0 Å². The molecule has 0 atom stereocenters. The smallest absolute Gasteiger partial charge is 0.243 e. The Morgan fingerprint density at radius 1 is 1.45 bits per heavy atom. The molecule has 0 aliphatic rings. The largest absolute Gasteiger partial charge is 0.398 e. The summed E-state index contributed by atoms with van der Waals surface area (Å²) in [6.45, 7) is 0.140. The van der Waals surface area contributed by atoms with E-state index < -0.39 is 20.7 Å². The number of aromatic nitrogens is 1. The predicted octanol–water partition coefficient (Wildman–Crippen LogP) is 2.15. The van der Waals surface area contributed by atoms with E-state index in [2.05, 4.69) is 25.6 Å². The van der Waals surface area contributed by atoms with Crippen LogP contribution < -0.4 is 10.5 Å². The van der Waals surface area contributed by atoms with E-state index in [0.29, 0.717) is 10.9 Å². The number of sulfonamides is 1. The normalized spacial score (nSPS) is 11.7. The van der Waals surface area contributed by atoms with Gasteiger partial charge in [0, 0.05) is 28.5 Å². The van der Waals surface area contributed by atoms with Gasteiger partial charge in [-0.2, -0.15) is 0 Å². The van der Waals surface area contributed by atoms with Crippen molar-refractivity contribution in [1.82, 2.24) is 9.71 Å². The van der Waals surface area contributed by atoms with Gasteiger partial charge >= 0.3 is 0 Å². The quantitative estimate of drug-likeness (QED) is 0.779. The minimum absolute atomic E-state index is 0.140. The molecule has 0 saturated carbocycles. The number of nitrogen functional groups attached to an aromatic ring is 1. The molecule has 0 aliphatic heterocycles. The predicted molar refractivity (Wildman–Crippen MR) is 79.5 cm³/mol. The molecule has 0 bridgehead atoms. The molecule has 0 aliphatic carbocycles. The molecule has 9 heteroatoms. The molecule has 3 N–H and O–H groups in total. The lowest BCUT2D eigenvalue weighted by Gasteiger charge is -2.09. The first-order chi connectivity index (χ1) is 9.40. The Kier molecular flexibility index (Phi) is 4.74. The molecule has 1 heterocycles. The fourth-order valence-corrected chi connectivity index (χ4v) is 3.54. The Bertz CT molecular complexity index is 705. The zero-order valence-electron chi connectivity index (χ0n) is 10.1. The van der Waals surface area contributed by atoms with E-state index >= 15 is 0 Å². The van der Waals surface area contributed by atoms with Crippen LogP contribution in [0, 0.1) is 5.82 Å². The average Bonchev–Trinajstić information content (AvgIpc) is 2.86. The van der Waals surface area contributed by atoms with Gasteiger partial charge in [-0.1, -0.05) is 0 Å². The first-order valence-corrected chi connectivity index (χ1v) is 8.73. The van der Waals surface area contributed by atoms with Crippen LogP contribution in [0.15, 0.2) is 32.4 Å². The number of hydrogen-bond donors (Lipinski definition) is 2. The molecule has 108 valence electrons. The third-order valence-electron chi connectivity index (χ3n) is 2.50. The van der Waals surface area contributed by atoms with Gasteiger partial charge in [0.05, 0.1) is 11.2 Å². The molecule has 0 spiro atoms. The number of rotatable bonds is 5. The topological polar surface area (TPSA) is 85.1 Å². The van der Waals surface area contributed by atoms with Crippen molar-refractivity contribution in [1.29, 1.82) is 0 Å². The van der Waals surface area contributed by atoms with Crippen LogP contribution in [0.1, 0.15) is 5.69 Å². The van der Waals surface area contributed by atoms with Gasteiger partial charge < -0.3 is 5.73 Å². The fraction of sp³-hybridized carbons (Fsp3) is 0.182. The van der Waals surface area contributed by atoms with Crippen molar-refractivity contribution in [3.63, 3.8) is 0 Å². The standard InChI is InChI=1S/C11H11BrFN3O2S2/c12-8-3-9(13)11(4-10(8)14)20(17,18)16-2-1-7-5-19-6-15-7/h3-6,16H,1-2,14H2. The molecule has 1 aromatic carbocycles. The molecule has 20 heavy (non-hydrogen) atoms. The Morgan fingerprint density at radius 2 is 2.20 bits per heavy atom. The van der Waals surface area contributed by atoms with E-state index in [0.717, 1.165) is 17.8 Å². The molecule has 1 aromatic heterocycles. The van der Waals surface area contributed by atoms with Crippen molar-refractivity contribution in [3.8, 4) is 0 Å². The van der Waals surface area contributed by atoms with Gasteiger partial charge in [-0.3, -0.25) is 0 Å². The highest BCUT2D eigenvalue weighted by atomic mass is 79.9. The zero-order valence-corrected chi connectivity index (χ0v) is 13.4. The Hall–Kier alpha value is -1.03. The number of hydrogen-bond acceptors (Lipinski definition) is 5. The molecule has 0 unspecified atom stereocenters. The van der Waals surface area contributed by atoms with Crippen LogP contribution in [-0.2, 0) is 16.4 Å². The number of benzene rings is 1. The van der Waals surface area contributed by atoms with Gasteiger partial charge in [-0.05, 0) is 28.1 Å². The fourth-order valence-electron chi connectivity index (χ4n) is 1.50. The summed E-state index contributed by atoms with van der Waals surface area (Å²) >= 11 is 4.47. The summed E-state index contributed by atoms with van der Waals surface area (Å²) in [5.41, 5.74) is 8.19. The highest BCUT2D eigenvalue weighted by molar-refractivity contribution is 9.10. The molecule has 0 amide bonds. The molecular formula is C11H11BrFN3O2S2. The minimum Gasteiger partial charge on any atom is -0.398 e. The summed E-state index contributed by atoms with van der Waals surface area (Å²) in [7, 11) is -3.93. The number of anilines is 1. The molecule has 5 nitrogen and oxygen atoms in total. The average molecular weight is 380 g/mol. The SMILES string of the molecule is Nc1cc(S(=O)(=O)NCCc2cscn2)c(F)cc1Br. The van der Waals surface area contributed by atoms with Gasteiger partial charge in [0.15, 0.2) is 0 Å². The molecule has 0 fully saturated rings. The lowest BCUT2D eigenvalue weighted by molar-refractivity contribution is 0.557. The van der Waals surface area contributed by atoms with Gasteiger partial charge in [-0.25, -0.2) is 22.5 Å². The second kappa shape index (κ2) is 6.17. The van der Waals surface area contributed by atoms with Crippen molar-refractivity contribution in [2.75, 3.05) is 12.3 Å². The van der Waals surface area contributed by atoms with E-state index in [-0.39, 0.29) is 12.2 Å². The van der Waals surface area contributed by atoms with Crippen LogP contribution in [0.3, 0.4) is 0 Å². The number of nitrogens with zero attached hydrogens (tertiary/aromatic N) is 1. The molecule has 2 aromatic rings. The van der Waals surface area contributed by atoms with Crippen LogP contribution in [0.2, 0.25) is 0 Å². The Morgan fingerprint density at radius 3 is 2.85 bits per heavy atom. The van der Waals surface area contributed by atoms with E-state index in [9.17, 15) is 12.8 Å². The van der Waals surface area contributed by atoms with Crippen molar-refractivity contribution < 1.29 is 12.8 Å². The number of thiazole rings is 1. The molecular weight excluding hydrogens is 369 g/mol. The summed E-state index contributed by atoms with van der Waals surface area (Å²) in [6, 6.07) is 2.12. The summed E-state index contributed by atoms with van der Waals surface area (Å²) in [6.07, 6.45) is 0.441. The lowest BCUT2D eigenvalue weighted by atomic mass is 10.3. The third kappa shape index (κ3) is 3.54. The van der Waals surface area contributed by atoms with Gasteiger partial charge in [0.2, 0.25) is 10.0 Å². The van der Waals surface area contributed by atoms with Crippen LogP contribution in [-0.4, -0.2) is 19.9 Å². The monoisotopic (exact) mass is 379 g/mol. The van der Waals surface area contributed by atoms with Crippen molar-refractivity contribution in [2.45, 2.75) is 11.3 Å².